The Labute approximate surface area is 627 Å². The molecule has 0 atom stereocenters. The number of nitrogens with one attached hydrogen (secondary N) is 2. The molecule has 0 amide bonds. The van der Waals surface area contributed by atoms with Crippen molar-refractivity contribution < 1.29 is 95.6 Å². The molecule has 0 aliphatic heterocycles. The van der Waals surface area contributed by atoms with Gasteiger partial charge in [-0.05, 0) is 119 Å². The molecule has 104 heavy (non-hydrogen) atoms. The number of nitrogens with zero attached hydrogens (tertiary/aromatic N) is 10. The van der Waals surface area contributed by atoms with E-state index in [1.807, 2.05) is 27.7 Å². The molecule has 0 unspecified atom stereocenters. The Morgan fingerprint density at radius 2 is 0.827 bits per heavy atom. The summed E-state index contributed by atoms with van der Waals surface area (Å²) in [6.07, 6.45) is 3.30. The number of rotatable bonds is 31. The van der Waals surface area contributed by atoms with E-state index in [2.05, 4.69) is 161 Å². The number of carbonyl (C=O) groups is 8. The third-order valence-electron chi connectivity index (χ3n) is 14.5. The molecule has 6 aromatic heterocycles. The molecule has 0 saturated heterocycles. The summed E-state index contributed by atoms with van der Waals surface area (Å²) in [6.45, 7) is 42.7. The van der Waals surface area contributed by atoms with Gasteiger partial charge in [-0.1, -0.05) is 78.6 Å². The highest BCUT2D eigenvalue weighted by atomic mass is 127. The van der Waals surface area contributed by atoms with Crippen LogP contribution in [0.1, 0.15) is 115 Å². The Balaban J connectivity index is 0.000000642. The zero-order chi connectivity index (χ0) is 79.5. The van der Waals surface area contributed by atoms with Crippen LogP contribution >= 0.6 is 22.6 Å². The highest BCUT2D eigenvalue weighted by Crippen LogP contribution is 2.22. The number of aryl methyl sites for hydroxylation is 3. The molecule has 0 aliphatic carbocycles. The summed E-state index contributed by atoms with van der Waals surface area (Å²) < 4.78 is 62.5. The van der Waals surface area contributed by atoms with Crippen LogP contribution in [0.2, 0.25) is 103 Å². The van der Waals surface area contributed by atoms with E-state index in [9.17, 15) is 38.4 Å². The topological polar surface area (TPSA) is 387 Å². The fraction of sp³-hybridized carbons (Fsp3) is 0.582. The molecular formula is C67H111IN12O20Si4. The van der Waals surface area contributed by atoms with E-state index in [-0.39, 0.29) is 42.9 Å². The van der Waals surface area contributed by atoms with E-state index in [1.54, 1.807) is 44.7 Å². The first-order valence-corrected chi connectivity index (χ1v) is 49.1. The number of hydrogen-bond donors (Lipinski definition) is 3. The highest BCUT2D eigenvalue weighted by Gasteiger charge is 2.25. The largest absolute Gasteiger partial charge is 0.476 e. The second-order valence-electron chi connectivity index (χ2n) is 28.1. The van der Waals surface area contributed by atoms with Gasteiger partial charge >= 0.3 is 47.8 Å². The average molecular weight is 1640 g/mol. The second kappa shape index (κ2) is 46.2. The molecule has 0 radical (unpaired) electrons. The summed E-state index contributed by atoms with van der Waals surface area (Å²) in [5.74, 6) is -4.16. The van der Waals surface area contributed by atoms with Crippen molar-refractivity contribution in [3.63, 3.8) is 0 Å². The molecule has 0 fully saturated rings. The number of H-pyrrole nitrogens is 2. The summed E-state index contributed by atoms with van der Waals surface area (Å²) >= 11 is 2.11. The Morgan fingerprint density at radius 3 is 1.21 bits per heavy atom. The first-order chi connectivity index (χ1) is 48.4. The fourth-order valence-electron chi connectivity index (χ4n) is 7.94. The monoisotopic (exact) mass is 1640 g/mol. The van der Waals surface area contributed by atoms with Crippen molar-refractivity contribution in [3.8, 4) is 0 Å². The van der Waals surface area contributed by atoms with Crippen LogP contribution in [0.25, 0.3) is 6.08 Å². The van der Waals surface area contributed by atoms with Crippen molar-refractivity contribution in [2.24, 2.45) is 0 Å². The molecule has 0 bridgehead atoms. The molecule has 582 valence electrons. The number of methoxy groups -OCH3 is 7. The van der Waals surface area contributed by atoms with Gasteiger partial charge in [0.1, 0.15) is 26.9 Å². The number of aromatic amines is 2. The van der Waals surface area contributed by atoms with Crippen LogP contribution < -0.4 is 0 Å². The van der Waals surface area contributed by atoms with Gasteiger partial charge in [0.25, 0.3) is 0 Å². The number of carboxylic acids is 1. The van der Waals surface area contributed by atoms with Crippen molar-refractivity contribution in [3.05, 3.63) is 107 Å². The van der Waals surface area contributed by atoms with Gasteiger partial charge in [-0.15, -0.1) is 0 Å². The van der Waals surface area contributed by atoms with Gasteiger partial charge in [0, 0.05) is 111 Å². The minimum absolute atomic E-state index is 0.0625. The minimum atomic E-state index is -1.16. The average Bonchev–Trinajstić information content (AvgIpc) is 1.70. The lowest BCUT2D eigenvalue weighted by molar-refractivity contribution is -0.140. The molecule has 6 heterocycles. The number of hydrogen-bond acceptors (Lipinski definition) is 25. The first kappa shape index (κ1) is 94.2. The lowest BCUT2D eigenvalue weighted by Crippen LogP contribution is -2.22. The van der Waals surface area contributed by atoms with Gasteiger partial charge in [-0.2, -0.15) is 30.6 Å². The number of carbonyl (C=O) groups excluding carboxylic acids is 7. The molecule has 37 heteroatoms. The Bertz CT molecular complexity index is 3740. The van der Waals surface area contributed by atoms with Crippen molar-refractivity contribution in [2.45, 2.75) is 184 Å². The number of esters is 7. The minimum Gasteiger partial charge on any atom is -0.476 e. The summed E-state index contributed by atoms with van der Waals surface area (Å²) in [5.41, 5.74) is 7.57. The maximum absolute atomic E-state index is 11.9. The zero-order valence-electron chi connectivity index (χ0n) is 65.3. The maximum Gasteiger partial charge on any atom is 0.359 e. The molecule has 0 saturated carbocycles. The molecule has 6 aromatic rings. The summed E-state index contributed by atoms with van der Waals surface area (Å²) in [4.78, 5) is 90.2. The standard InChI is InChI=1S/C16H28N2O5Si.C16H26N2O5Si.C12H21IN2O3Si.C12H22N2O3Si.C6H8N2O2.C5H6N2O2/c2*1-12-13(7-8-14(19)21-2)15(16(20)22-3)17-18(12)11-23-9-10-24(4,5)6;1-9-10(13)11(12(16)17-2)14-15(9)8-18-6-7-19(3,4)5;1-10-8-11(12(15)16-2)13-14(10)9-17-6-7-18(3,4)5;1-4-3-5(8-7-4)6(9)10-2;1-3-2-4(5(8)9)7-6-3/h7-11H2,1-6H3;7-8H,9-11H2,1-6H3;6-8H2,1-5H3;8H,6-7,9H2,1-5H3;3H,1-2H3,(H,7,8);2H,1H3,(H,6,7)(H,8,9)/b;8-7+;;;;. The molecule has 0 spiro atoms. The van der Waals surface area contributed by atoms with E-state index in [0.29, 0.717) is 67.0 Å². The summed E-state index contributed by atoms with van der Waals surface area (Å²) in [7, 11) is 4.83. The van der Waals surface area contributed by atoms with Gasteiger partial charge in [0.15, 0.2) is 34.2 Å². The van der Waals surface area contributed by atoms with Crippen LogP contribution in [-0.4, -0.2) is 221 Å². The smallest absolute Gasteiger partial charge is 0.359 e. The van der Waals surface area contributed by atoms with Gasteiger partial charge in [0.2, 0.25) is 0 Å². The predicted molar refractivity (Wildman–Crippen MR) is 409 cm³/mol. The van der Waals surface area contributed by atoms with Gasteiger partial charge in [-0.25, -0.2) is 52.3 Å². The quantitative estimate of drug-likeness (QED) is 0.00908. The fourth-order valence-corrected chi connectivity index (χ4v) is 11.6. The summed E-state index contributed by atoms with van der Waals surface area (Å²) in [5, 5.41) is 37.6. The molecule has 0 aromatic carbocycles. The third kappa shape index (κ3) is 36.3. The van der Waals surface area contributed by atoms with Gasteiger partial charge < -0.3 is 57.2 Å². The second-order valence-corrected chi connectivity index (χ2v) is 51.7. The van der Waals surface area contributed by atoms with Crippen LogP contribution in [0.3, 0.4) is 0 Å². The molecule has 3 N–H and O–H groups in total. The number of aromatic nitrogens is 12. The van der Waals surface area contributed by atoms with Crippen LogP contribution in [0, 0.1) is 45.1 Å². The lowest BCUT2D eigenvalue weighted by Gasteiger charge is -2.15. The third-order valence-corrected chi connectivity index (χ3v) is 22.6. The number of carboxylic acid groups (broad SMARTS) is 1. The number of aromatic carboxylic acids is 1. The molecule has 6 rings (SSSR count). The van der Waals surface area contributed by atoms with E-state index < -0.39 is 74.1 Å². The van der Waals surface area contributed by atoms with Crippen LogP contribution in [0.5, 0.6) is 0 Å². The zero-order valence-corrected chi connectivity index (χ0v) is 71.5. The lowest BCUT2D eigenvalue weighted by atomic mass is 10.1. The SMILES string of the molecule is COC(=O)/C=C/c1c(C(=O)OC)nn(COCC[Si](C)(C)C)c1C.COC(=O)CCc1c(C(=O)OC)nn(COCC[Si](C)(C)C)c1C.COC(=O)c1cc(C)[nH]n1.COC(=O)c1cc(C)n(COCC[Si](C)(C)C)n1.COC(=O)c1nn(COCC[Si](C)(C)C)c(C)c1I.Cc1cc(C(=O)O)n[nH]1. The van der Waals surface area contributed by atoms with Crippen molar-refractivity contribution >= 4 is 109 Å². The normalized spacial score (nSPS) is 11.2. The molecule has 32 nitrogen and oxygen atoms in total. The highest BCUT2D eigenvalue weighted by molar-refractivity contribution is 14.1. The Kier molecular flexibility index (Phi) is 41.9. The molecular weight excluding hydrogens is 1530 g/mol. The van der Waals surface area contributed by atoms with E-state index in [4.69, 9.17) is 38.3 Å². The van der Waals surface area contributed by atoms with Crippen LogP contribution in [0.4, 0.5) is 0 Å². The number of halogens is 1. The first-order valence-electron chi connectivity index (χ1n) is 33.2. The number of ether oxygens (including phenoxy) is 11. The van der Waals surface area contributed by atoms with Gasteiger partial charge in [0.05, 0.1) is 59.0 Å². The van der Waals surface area contributed by atoms with E-state index in [1.165, 1.54) is 68.0 Å². The summed E-state index contributed by atoms with van der Waals surface area (Å²) in [6, 6.07) is 9.16. The van der Waals surface area contributed by atoms with Crippen LogP contribution in [0.15, 0.2) is 24.3 Å². The van der Waals surface area contributed by atoms with E-state index >= 15 is 0 Å². The van der Waals surface area contributed by atoms with Crippen LogP contribution in [-0.2, 0) is 95.0 Å². The Hall–Kier alpha value is -7.80. The van der Waals surface area contributed by atoms with Crippen molar-refractivity contribution in [1.29, 1.82) is 0 Å². The van der Waals surface area contributed by atoms with Crippen molar-refractivity contribution in [2.75, 3.05) is 76.2 Å². The predicted octanol–water partition coefficient (Wildman–Crippen LogP) is 11.0. The Morgan fingerprint density at radius 1 is 0.452 bits per heavy atom. The van der Waals surface area contributed by atoms with Crippen molar-refractivity contribution in [1.82, 2.24) is 59.5 Å². The van der Waals surface area contributed by atoms with E-state index in [0.717, 1.165) is 69.4 Å². The maximum atomic E-state index is 11.9. The molecule has 0 aliphatic rings. The van der Waals surface area contributed by atoms with Gasteiger partial charge in [-0.3, -0.25) is 15.0 Å².